The molecule has 2 aromatic rings. The van der Waals surface area contributed by atoms with Gasteiger partial charge in [0.05, 0.1) is 11.6 Å². The van der Waals surface area contributed by atoms with Gasteiger partial charge in [-0.15, -0.1) is 0 Å². The molecule has 0 unspecified atom stereocenters. The first-order chi connectivity index (χ1) is 9.19. The number of ether oxygens (including phenoxy) is 1. The fourth-order valence-corrected chi connectivity index (χ4v) is 1.83. The van der Waals surface area contributed by atoms with Gasteiger partial charge < -0.3 is 10.1 Å². The highest BCUT2D eigenvalue weighted by Crippen LogP contribution is 2.19. The van der Waals surface area contributed by atoms with Gasteiger partial charge >= 0.3 is 0 Å². The maximum atomic E-state index is 13.3. The van der Waals surface area contributed by atoms with Gasteiger partial charge in [0.15, 0.2) is 0 Å². The Labute approximate surface area is 117 Å². The highest BCUT2D eigenvalue weighted by molar-refractivity contribution is 6.30. The zero-order valence-corrected chi connectivity index (χ0v) is 11.4. The van der Waals surface area contributed by atoms with Crippen molar-refractivity contribution >= 4 is 17.3 Å². The lowest BCUT2D eigenvalue weighted by atomic mass is 10.2. The summed E-state index contributed by atoms with van der Waals surface area (Å²) in [5.74, 6) is 0.416. The van der Waals surface area contributed by atoms with Gasteiger partial charge in [-0.1, -0.05) is 23.7 Å². The van der Waals surface area contributed by atoms with Gasteiger partial charge in [-0.3, -0.25) is 0 Å². The van der Waals surface area contributed by atoms with E-state index >= 15 is 0 Å². The Balaban J connectivity index is 2.01. The Morgan fingerprint density at radius 3 is 2.79 bits per heavy atom. The van der Waals surface area contributed by atoms with Crippen molar-refractivity contribution in [1.29, 1.82) is 0 Å². The largest absolute Gasteiger partial charge is 0.494 e. The smallest absolute Gasteiger partial charge is 0.142 e. The van der Waals surface area contributed by atoms with Crippen molar-refractivity contribution in [3.63, 3.8) is 0 Å². The molecular formula is C15H15ClFNO. The highest BCUT2D eigenvalue weighted by Gasteiger charge is 2.01. The second-order valence-electron chi connectivity index (χ2n) is 4.06. The molecule has 100 valence electrons. The Bertz CT molecular complexity index is 560. The summed E-state index contributed by atoms with van der Waals surface area (Å²) in [6.07, 6.45) is 0. The van der Waals surface area contributed by atoms with E-state index in [0.717, 1.165) is 17.0 Å². The summed E-state index contributed by atoms with van der Waals surface area (Å²) in [6.45, 7) is 3.10. The summed E-state index contributed by atoms with van der Waals surface area (Å²) < 4.78 is 18.7. The molecule has 0 aliphatic heterocycles. The van der Waals surface area contributed by atoms with Crippen LogP contribution in [0.4, 0.5) is 10.1 Å². The van der Waals surface area contributed by atoms with E-state index in [1.807, 2.05) is 31.2 Å². The molecule has 0 bridgehead atoms. The number of benzene rings is 2. The fourth-order valence-electron chi connectivity index (χ4n) is 1.72. The lowest BCUT2D eigenvalue weighted by molar-refractivity contribution is 0.340. The highest BCUT2D eigenvalue weighted by atomic mass is 35.5. The van der Waals surface area contributed by atoms with Crippen LogP contribution in [-0.2, 0) is 6.54 Å². The number of rotatable bonds is 5. The Morgan fingerprint density at radius 1 is 1.21 bits per heavy atom. The van der Waals surface area contributed by atoms with Gasteiger partial charge in [-0.05, 0) is 36.8 Å². The molecule has 2 nitrogen and oxygen atoms in total. The number of hydrogen-bond donors (Lipinski definition) is 1. The predicted molar refractivity (Wildman–Crippen MR) is 76.3 cm³/mol. The lowest BCUT2D eigenvalue weighted by Gasteiger charge is -2.09. The van der Waals surface area contributed by atoms with Crippen LogP contribution in [-0.4, -0.2) is 6.61 Å². The van der Waals surface area contributed by atoms with Gasteiger partial charge in [0.2, 0.25) is 0 Å². The van der Waals surface area contributed by atoms with E-state index in [1.165, 1.54) is 6.07 Å². The van der Waals surface area contributed by atoms with E-state index in [2.05, 4.69) is 5.32 Å². The van der Waals surface area contributed by atoms with Crippen LogP contribution >= 0.6 is 11.6 Å². The van der Waals surface area contributed by atoms with Crippen LogP contribution in [0.1, 0.15) is 12.5 Å². The lowest BCUT2D eigenvalue weighted by Crippen LogP contribution is -2.00. The van der Waals surface area contributed by atoms with Crippen molar-refractivity contribution in [2.24, 2.45) is 0 Å². The van der Waals surface area contributed by atoms with Crippen LogP contribution < -0.4 is 10.1 Å². The van der Waals surface area contributed by atoms with Gasteiger partial charge in [-0.2, -0.15) is 0 Å². The van der Waals surface area contributed by atoms with E-state index < -0.39 is 5.82 Å². The third kappa shape index (κ3) is 3.86. The van der Waals surface area contributed by atoms with E-state index in [4.69, 9.17) is 16.3 Å². The summed E-state index contributed by atoms with van der Waals surface area (Å²) in [5.41, 5.74) is 1.77. The average molecular weight is 280 g/mol. The standard InChI is InChI=1S/C15H15ClFNO/c1-2-19-13-5-3-4-12(9-13)18-10-11-6-7-14(16)15(17)8-11/h3-9,18H,2,10H2,1H3. The van der Waals surface area contributed by atoms with Gasteiger partial charge in [0.25, 0.3) is 0 Å². The molecule has 0 saturated heterocycles. The molecule has 0 amide bonds. The van der Waals surface area contributed by atoms with E-state index in [-0.39, 0.29) is 5.02 Å². The number of halogens is 2. The second-order valence-corrected chi connectivity index (χ2v) is 4.47. The Hall–Kier alpha value is -1.74. The first kappa shape index (κ1) is 13.7. The summed E-state index contributed by atoms with van der Waals surface area (Å²) in [7, 11) is 0. The van der Waals surface area contributed by atoms with Crippen LogP contribution in [0.3, 0.4) is 0 Å². The van der Waals surface area contributed by atoms with Gasteiger partial charge in [-0.25, -0.2) is 4.39 Å². The first-order valence-corrected chi connectivity index (χ1v) is 6.47. The average Bonchev–Trinajstić information content (AvgIpc) is 2.41. The summed E-state index contributed by atoms with van der Waals surface area (Å²) >= 11 is 5.64. The van der Waals surface area contributed by atoms with E-state index in [9.17, 15) is 4.39 Å². The molecule has 0 fully saturated rings. The van der Waals surface area contributed by atoms with Crippen LogP contribution in [0.15, 0.2) is 42.5 Å². The zero-order chi connectivity index (χ0) is 13.7. The number of nitrogens with one attached hydrogen (secondary N) is 1. The van der Waals surface area contributed by atoms with E-state index in [0.29, 0.717) is 13.2 Å². The van der Waals surface area contributed by atoms with Crippen LogP contribution in [0.5, 0.6) is 5.75 Å². The van der Waals surface area contributed by atoms with Crippen molar-refractivity contribution in [3.05, 3.63) is 58.9 Å². The van der Waals surface area contributed by atoms with Crippen molar-refractivity contribution < 1.29 is 9.13 Å². The molecule has 0 aliphatic rings. The Morgan fingerprint density at radius 2 is 2.05 bits per heavy atom. The quantitative estimate of drug-likeness (QED) is 0.871. The minimum atomic E-state index is -0.399. The number of hydrogen-bond acceptors (Lipinski definition) is 2. The summed E-state index contributed by atoms with van der Waals surface area (Å²) in [4.78, 5) is 0. The maximum Gasteiger partial charge on any atom is 0.142 e. The molecule has 0 atom stereocenters. The monoisotopic (exact) mass is 279 g/mol. The molecule has 1 N–H and O–H groups in total. The Kier molecular flexibility index (Phi) is 4.63. The summed E-state index contributed by atoms with van der Waals surface area (Å²) in [5, 5.41) is 3.36. The third-order valence-corrected chi connectivity index (χ3v) is 2.93. The fraction of sp³-hybridized carbons (Fsp3) is 0.200. The molecule has 0 spiro atoms. The molecule has 0 radical (unpaired) electrons. The number of anilines is 1. The summed E-state index contributed by atoms with van der Waals surface area (Å²) in [6, 6.07) is 12.5. The normalized spacial score (nSPS) is 10.3. The molecule has 4 heteroatoms. The molecule has 0 heterocycles. The molecule has 19 heavy (non-hydrogen) atoms. The molecule has 2 rings (SSSR count). The van der Waals surface area contributed by atoms with Crippen LogP contribution in [0, 0.1) is 5.82 Å². The van der Waals surface area contributed by atoms with Crippen molar-refractivity contribution in [3.8, 4) is 5.75 Å². The van der Waals surface area contributed by atoms with Crippen molar-refractivity contribution in [1.82, 2.24) is 0 Å². The first-order valence-electron chi connectivity index (χ1n) is 6.09. The predicted octanol–water partition coefficient (Wildman–Crippen LogP) is 4.49. The van der Waals surface area contributed by atoms with Gasteiger partial charge in [0, 0.05) is 18.3 Å². The molecule has 0 aromatic heterocycles. The van der Waals surface area contributed by atoms with Crippen LogP contribution in [0.25, 0.3) is 0 Å². The minimum Gasteiger partial charge on any atom is -0.494 e. The molecule has 2 aromatic carbocycles. The van der Waals surface area contributed by atoms with E-state index in [1.54, 1.807) is 12.1 Å². The van der Waals surface area contributed by atoms with Gasteiger partial charge in [0.1, 0.15) is 11.6 Å². The van der Waals surface area contributed by atoms with Crippen molar-refractivity contribution in [2.75, 3.05) is 11.9 Å². The van der Waals surface area contributed by atoms with Crippen LogP contribution in [0.2, 0.25) is 5.02 Å². The maximum absolute atomic E-state index is 13.3. The zero-order valence-electron chi connectivity index (χ0n) is 10.6. The van der Waals surface area contributed by atoms with Crippen molar-refractivity contribution in [2.45, 2.75) is 13.5 Å². The minimum absolute atomic E-state index is 0.141. The SMILES string of the molecule is CCOc1cccc(NCc2ccc(Cl)c(F)c2)c1. The molecular weight excluding hydrogens is 265 g/mol. The topological polar surface area (TPSA) is 21.3 Å². The second kappa shape index (κ2) is 6.43. The third-order valence-electron chi connectivity index (χ3n) is 2.63. The molecule has 0 saturated carbocycles. The molecule has 0 aliphatic carbocycles.